The van der Waals surface area contributed by atoms with Crippen LogP contribution in [0.3, 0.4) is 0 Å². The summed E-state index contributed by atoms with van der Waals surface area (Å²) in [5, 5.41) is 7.65. The molecule has 0 amide bonds. The Hall–Kier alpha value is -7.80. The summed E-state index contributed by atoms with van der Waals surface area (Å²) in [7, 11) is 0. The molecule has 3 aliphatic carbocycles. The van der Waals surface area contributed by atoms with E-state index in [1.807, 2.05) is 0 Å². The summed E-state index contributed by atoms with van der Waals surface area (Å²) in [5.74, 6) is 0. The lowest BCUT2D eigenvalue weighted by Crippen LogP contribution is -2.15. The van der Waals surface area contributed by atoms with Gasteiger partial charge in [-0.05, 0) is 180 Å². The van der Waals surface area contributed by atoms with E-state index in [2.05, 4.69) is 248 Å². The van der Waals surface area contributed by atoms with Gasteiger partial charge in [-0.3, -0.25) is 0 Å². The molecule has 0 atom stereocenters. The molecule has 69 heavy (non-hydrogen) atoms. The van der Waals surface area contributed by atoms with E-state index in [1.165, 1.54) is 144 Å². The van der Waals surface area contributed by atoms with Crippen molar-refractivity contribution in [3.8, 4) is 77.9 Å². The van der Waals surface area contributed by atoms with Crippen LogP contribution in [-0.2, 0) is 16.2 Å². The molecular formula is C69H52. The van der Waals surface area contributed by atoms with Crippen LogP contribution in [0.25, 0.3) is 110 Å². The fourth-order valence-electron chi connectivity index (χ4n) is 13.2. The van der Waals surface area contributed by atoms with Gasteiger partial charge in [-0.1, -0.05) is 211 Å². The normalized spacial score (nSPS) is 15.2. The molecule has 0 saturated carbocycles. The third-order valence-corrected chi connectivity index (χ3v) is 16.9. The SMILES string of the molecule is CC1(C)c2ccccc2-c2ccc(-c3ccc4c(-c5ccc6c(c5)C(C)(C)c5cc(-c7ccc8ccccc8c7)ccc5-6)c5ccccc5c(-c5ccc6c(c5)C(C)(C)c5ccccc5-6)c4c3)cc21. The zero-order chi connectivity index (χ0) is 46.6. The van der Waals surface area contributed by atoms with Crippen molar-refractivity contribution in [2.24, 2.45) is 0 Å². The molecular weight excluding hydrogens is 829 g/mol. The Kier molecular flexibility index (Phi) is 8.25. The first-order chi connectivity index (χ1) is 33.5. The van der Waals surface area contributed by atoms with Crippen molar-refractivity contribution in [2.45, 2.75) is 57.8 Å². The predicted molar refractivity (Wildman–Crippen MR) is 293 cm³/mol. The van der Waals surface area contributed by atoms with Crippen molar-refractivity contribution in [3.63, 3.8) is 0 Å². The number of rotatable bonds is 4. The number of hydrogen-bond acceptors (Lipinski definition) is 0. The van der Waals surface area contributed by atoms with Gasteiger partial charge < -0.3 is 0 Å². The topological polar surface area (TPSA) is 0 Å². The van der Waals surface area contributed by atoms with Gasteiger partial charge in [-0.15, -0.1) is 0 Å². The van der Waals surface area contributed by atoms with Crippen LogP contribution in [0, 0.1) is 0 Å². The van der Waals surface area contributed by atoms with Crippen LogP contribution in [0.1, 0.15) is 74.9 Å². The van der Waals surface area contributed by atoms with Crippen molar-refractivity contribution in [3.05, 3.63) is 240 Å². The van der Waals surface area contributed by atoms with Crippen molar-refractivity contribution in [2.75, 3.05) is 0 Å². The highest BCUT2D eigenvalue weighted by Crippen LogP contribution is 2.55. The largest absolute Gasteiger partial charge is 0.0619 e. The molecule has 14 rings (SSSR count). The Morgan fingerprint density at radius 1 is 0.217 bits per heavy atom. The summed E-state index contributed by atoms with van der Waals surface area (Å²) in [4.78, 5) is 0. The fraction of sp³-hybridized carbons (Fsp3) is 0.130. The van der Waals surface area contributed by atoms with Crippen LogP contribution in [0.4, 0.5) is 0 Å². The Morgan fingerprint density at radius 3 is 1.09 bits per heavy atom. The van der Waals surface area contributed by atoms with Gasteiger partial charge in [0.1, 0.15) is 0 Å². The van der Waals surface area contributed by atoms with Gasteiger partial charge in [-0.2, -0.15) is 0 Å². The maximum Gasteiger partial charge on any atom is 0.0159 e. The lowest BCUT2D eigenvalue weighted by Gasteiger charge is -2.24. The van der Waals surface area contributed by atoms with Crippen LogP contribution >= 0.6 is 0 Å². The highest BCUT2D eigenvalue weighted by molar-refractivity contribution is 6.22. The summed E-state index contributed by atoms with van der Waals surface area (Å²) < 4.78 is 0. The Bertz CT molecular complexity index is 4040. The molecule has 0 aromatic heterocycles. The average Bonchev–Trinajstić information content (AvgIpc) is 3.86. The first kappa shape index (κ1) is 40.3. The van der Waals surface area contributed by atoms with E-state index in [0.717, 1.165) is 0 Å². The van der Waals surface area contributed by atoms with Crippen LogP contribution in [-0.4, -0.2) is 0 Å². The van der Waals surface area contributed by atoms with Gasteiger partial charge in [-0.25, -0.2) is 0 Å². The Morgan fingerprint density at radius 2 is 0.551 bits per heavy atom. The maximum atomic E-state index is 2.52. The molecule has 11 aromatic rings. The molecule has 0 bridgehead atoms. The molecule has 0 heterocycles. The Labute approximate surface area is 405 Å². The van der Waals surface area contributed by atoms with E-state index in [1.54, 1.807) is 0 Å². The molecule has 0 nitrogen and oxygen atoms in total. The Balaban J connectivity index is 0.970. The number of fused-ring (bicyclic) bond motifs is 12. The molecule has 0 radical (unpaired) electrons. The second-order valence-electron chi connectivity index (χ2n) is 21.6. The predicted octanol–water partition coefficient (Wildman–Crippen LogP) is 18.7. The molecule has 3 aliphatic rings. The van der Waals surface area contributed by atoms with E-state index >= 15 is 0 Å². The van der Waals surface area contributed by atoms with Gasteiger partial charge in [0.25, 0.3) is 0 Å². The third-order valence-electron chi connectivity index (χ3n) is 16.9. The molecule has 328 valence electrons. The van der Waals surface area contributed by atoms with Crippen molar-refractivity contribution in [1.29, 1.82) is 0 Å². The van der Waals surface area contributed by atoms with E-state index in [4.69, 9.17) is 0 Å². The number of benzene rings is 11. The summed E-state index contributed by atoms with van der Waals surface area (Å²) in [6.45, 7) is 14.4. The van der Waals surface area contributed by atoms with Crippen LogP contribution in [0.5, 0.6) is 0 Å². The molecule has 11 aromatic carbocycles. The zero-order valence-corrected chi connectivity index (χ0v) is 40.1. The molecule has 0 aliphatic heterocycles. The smallest absolute Gasteiger partial charge is 0.0159 e. The van der Waals surface area contributed by atoms with Crippen LogP contribution in [0.2, 0.25) is 0 Å². The number of hydrogen-bond donors (Lipinski definition) is 0. The molecule has 0 saturated heterocycles. The van der Waals surface area contributed by atoms with Crippen molar-refractivity contribution < 1.29 is 0 Å². The zero-order valence-electron chi connectivity index (χ0n) is 40.1. The lowest BCUT2D eigenvalue weighted by atomic mass is 9.79. The second kappa shape index (κ2) is 14.1. The highest BCUT2D eigenvalue weighted by atomic mass is 14.4. The molecule has 0 spiro atoms. The molecule has 0 heteroatoms. The summed E-state index contributed by atoms with van der Waals surface area (Å²) in [6, 6.07) is 78.9. The van der Waals surface area contributed by atoms with Gasteiger partial charge >= 0.3 is 0 Å². The fourth-order valence-corrected chi connectivity index (χ4v) is 13.2. The quantitative estimate of drug-likeness (QED) is 0.155. The molecule has 0 fully saturated rings. The minimum Gasteiger partial charge on any atom is -0.0619 e. The van der Waals surface area contributed by atoms with Gasteiger partial charge in [0, 0.05) is 16.2 Å². The second-order valence-corrected chi connectivity index (χ2v) is 21.6. The van der Waals surface area contributed by atoms with E-state index < -0.39 is 0 Å². The molecule has 0 N–H and O–H groups in total. The lowest BCUT2D eigenvalue weighted by molar-refractivity contribution is 0.660. The van der Waals surface area contributed by atoms with E-state index in [9.17, 15) is 0 Å². The third kappa shape index (κ3) is 5.64. The first-order valence-electron chi connectivity index (χ1n) is 24.7. The van der Waals surface area contributed by atoms with Crippen molar-refractivity contribution >= 4 is 32.3 Å². The van der Waals surface area contributed by atoms with Gasteiger partial charge in [0.2, 0.25) is 0 Å². The highest BCUT2D eigenvalue weighted by Gasteiger charge is 2.38. The van der Waals surface area contributed by atoms with Gasteiger partial charge in [0.15, 0.2) is 0 Å². The van der Waals surface area contributed by atoms with Crippen LogP contribution in [0.15, 0.2) is 206 Å². The average molecular weight is 881 g/mol. The minimum absolute atomic E-state index is 0.0822. The van der Waals surface area contributed by atoms with Gasteiger partial charge in [0.05, 0.1) is 0 Å². The van der Waals surface area contributed by atoms with E-state index in [0.29, 0.717) is 0 Å². The van der Waals surface area contributed by atoms with Crippen molar-refractivity contribution in [1.82, 2.24) is 0 Å². The maximum absolute atomic E-state index is 2.52. The van der Waals surface area contributed by atoms with E-state index in [-0.39, 0.29) is 16.2 Å². The minimum atomic E-state index is -0.192. The monoisotopic (exact) mass is 880 g/mol. The van der Waals surface area contributed by atoms with Crippen LogP contribution < -0.4 is 0 Å². The standard InChI is InChI=1S/C69H52/c1-67(2)59-21-13-11-17-49(59)51-30-26-46(38-61(51)67)44-27-34-57-58(36-44)66(48-29-32-52-50-18-12-14-22-60(50)68(3,4)63(52)40-48)56-20-10-9-19-55(56)65(57)47-28-33-54-53-31-25-45(37-62(53)69(5,6)64(54)39-47)43-24-23-41-15-7-8-16-42(41)35-43/h7-40H,1-6H3. The summed E-state index contributed by atoms with van der Waals surface area (Å²) >= 11 is 0. The first-order valence-corrected chi connectivity index (χ1v) is 24.7. The summed E-state index contributed by atoms with van der Waals surface area (Å²) in [5.41, 5.74) is 26.2. The molecule has 0 unspecified atom stereocenters. The summed E-state index contributed by atoms with van der Waals surface area (Å²) in [6.07, 6.45) is 0.